The Labute approximate surface area is 190 Å². The third-order valence-electron chi connectivity index (χ3n) is 4.81. The van der Waals surface area contributed by atoms with E-state index < -0.39 is 0 Å². The molecule has 0 radical (unpaired) electrons. The Morgan fingerprint density at radius 1 is 0.719 bits per heavy atom. The minimum atomic E-state index is -0.360. The van der Waals surface area contributed by atoms with Crippen LogP contribution in [-0.4, -0.2) is 31.3 Å². The van der Waals surface area contributed by atoms with E-state index in [1.807, 2.05) is 48.5 Å². The number of nitrogens with two attached hydrogens (primary N) is 4. The van der Waals surface area contributed by atoms with Crippen molar-refractivity contribution in [3.63, 3.8) is 0 Å². The predicted octanol–water partition coefficient (Wildman–Crippen LogP) is 2.68. The molecule has 0 aliphatic carbocycles. The van der Waals surface area contributed by atoms with Gasteiger partial charge in [0.1, 0.15) is 11.5 Å². The average Bonchev–Trinajstić information content (AvgIpc) is 2.76. The van der Waals surface area contributed by atoms with Gasteiger partial charge in [0.2, 0.25) is 6.29 Å². The van der Waals surface area contributed by atoms with E-state index in [0.29, 0.717) is 13.1 Å². The van der Waals surface area contributed by atoms with Crippen LogP contribution in [0.2, 0.25) is 0 Å². The number of ether oxygens (including phenoxy) is 2. The maximum Gasteiger partial charge on any atom is 0.241 e. The van der Waals surface area contributed by atoms with Gasteiger partial charge in [-0.25, -0.2) is 0 Å². The van der Waals surface area contributed by atoms with Crippen LogP contribution in [0.5, 0.6) is 11.5 Å². The number of rotatable bonds is 14. The Bertz CT molecular complexity index is 774. The largest absolute Gasteiger partial charge is 0.455 e. The first-order valence-corrected chi connectivity index (χ1v) is 11.1. The molecule has 2 rings (SSSR count). The highest BCUT2D eigenvalue weighted by molar-refractivity contribution is 5.75. The van der Waals surface area contributed by atoms with E-state index in [2.05, 4.69) is 16.9 Å². The lowest BCUT2D eigenvalue weighted by molar-refractivity contribution is -0.00239. The van der Waals surface area contributed by atoms with Crippen molar-refractivity contribution >= 4 is 11.9 Å². The maximum absolute atomic E-state index is 6.15. The Hall–Kier alpha value is -3.42. The summed E-state index contributed by atoms with van der Waals surface area (Å²) < 4.78 is 12.3. The zero-order chi connectivity index (χ0) is 23.2. The highest BCUT2D eigenvalue weighted by Gasteiger charge is 2.13. The molecule has 0 unspecified atom stereocenters. The Morgan fingerprint density at radius 3 is 1.53 bits per heavy atom. The zero-order valence-corrected chi connectivity index (χ0v) is 18.9. The molecule has 0 fully saturated rings. The third-order valence-corrected chi connectivity index (χ3v) is 4.81. The van der Waals surface area contributed by atoms with E-state index in [0.717, 1.165) is 61.2 Å². The van der Waals surface area contributed by atoms with Crippen LogP contribution in [0.3, 0.4) is 0 Å². The van der Waals surface area contributed by atoms with Gasteiger partial charge in [0.15, 0.2) is 11.9 Å². The van der Waals surface area contributed by atoms with Crippen LogP contribution in [0.4, 0.5) is 0 Å². The monoisotopic (exact) mass is 440 g/mol. The van der Waals surface area contributed by atoms with Crippen molar-refractivity contribution in [2.75, 3.05) is 13.1 Å². The van der Waals surface area contributed by atoms with Crippen molar-refractivity contribution in [1.82, 2.24) is 0 Å². The molecule has 0 amide bonds. The molecule has 0 bridgehead atoms. The molecule has 0 saturated heterocycles. The van der Waals surface area contributed by atoms with Crippen LogP contribution in [0.25, 0.3) is 0 Å². The smallest absolute Gasteiger partial charge is 0.241 e. The number of benzene rings is 2. The lowest BCUT2D eigenvalue weighted by Gasteiger charge is -2.21. The Morgan fingerprint density at radius 2 is 1.16 bits per heavy atom. The predicted molar refractivity (Wildman–Crippen MR) is 131 cm³/mol. The van der Waals surface area contributed by atoms with Gasteiger partial charge in [-0.3, -0.25) is 9.98 Å². The van der Waals surface area contributed by atoms with Crippen molar-refractivity contribution in [2.24, 2.45) is 32.9 Å². The van der Waals surface area contributed by atoms with Gasteiger partial charge in [-0.15, -0.1) is 0 Å². The minimum absolute atomic E-state index is 0.110. The molecule has 0 atom stereocenters. The lowest BCUT2D eigenvalue weighted by atomic mass is 10.1. The van der Waals surface area contributed by atoms with Crippen LogP contribution < -0.4 is 32.4 Å². The molecule has 0 aliphatic heterocycles. The number of unbranched alkanes of at least 4 members (excludes halogenated alkanes) is 2. The molecule has 0 heterocycles. The van der Waals surface area contributed by atoms with E-state index in [-0.39, 0.29) is 18.2 Å². The second-order valence-corrected chi connectivity index (χ2v) is 7.56. The zero-order valence-electron chi connectivity index (χ0n) is 18.9. The molecule has 0 aliphatic rings. The average molecular weight is 441 g/mol. The van der Waals surface area contributed by atoms with Gasteiger partial charge in [0, 0.05) is 19.5 Å². The van der Waals surface area contributed by atoms with Gasteiger partial charge in [0.25, 0.3) is 0 Å². The van der Waals surface area contributed by atoms with Crippen molar-refractivity contribution < 1.29 is 9.47 Å². The fraction of sp³-hybridized carbons (Fsp3) is 0.417. The Balaban J connectivity index is 1.95. The molecule has 0 aromatic heterocycles. The second-order valence-electron chi connectivity index (χ2n) is 7.56. The fourth-order valence-electron chi connectivity index (χ4n) is 3.10. The van der Waals surface area contributed by atoms with Crippen LogP contribution in [-0.2, 0) is 12.8 Å². The summed E-state index contributed by atoms with van der Waals surface area (Å²) in [7, 11) is 0. The highest BCUT2D eigenvalue weighted by atomic mass is 16.7. The molecule has 174 valence electrons. The van der Waals surface area contributed by atoms with Gasteiger partial charge < -0.3 is 32.4 Å². The van der Waals surface area contributed by atoms with Crippen molar-refractivity contribution in [2.45, 2.75) is 51.7 Å². The normalized spacial score (nSPS) is 10.6. The van der Waals surface area contributed by atoms with E-state index in [1.54, 1.807) is 0 Å². The number of nitrogens with zero attached hydrogens (tertiary/aromatic N) is 2. The third kappa shape index (κ3) is 10.1. The second kappa shape index (κ2) is 13.8. The molecule has 2 aromatic rings. The van der Waals surface area contributed by atoms with Gasteiger partial charge in [-0.05, 0) is 54.7 Å². The summed E-state index contributed by atoms with van der Waals surface area (Å²) in [6.45, 7) is 3.30. The van der Waals surface area contributed by atoms with Crippen LogP contribution >= 0.6 is 0 Å². The summed E-state index contributed by atoms with van der Waals surface area (Å²) in [5, 5.41) is 0. The van der Waals surface area contributed by atoms with E-state index >= 15 is 0 Å². The molecule has 8 N–H and O–H groups in total. The van der Waals surface area contributed by atoms with Gasteiger partial charge in [-0.1, -0.05) is 44.0 Å². The van der Waals surface area contributed by atoms with Crippen molar-refractivity contribution in [1.29, 1.82) is 0 Å². The summed E-state index contributed by atoms with van der Waals surface area (Å²) >= 11 is 0. The number of guanidine groups is 2. The topological polar surface area (TPSA) is 147 Å². The molecule has 0 saturated carbocycles. The molecular weight excluding hydrogens is 404 g/mol. The first-order valence-electron chi connectivity index (χ1n) is 11.1. The Kier molecular flexibility index (Phi) is 10.7. The fourth-order valence-corrected chi connectivity index (χ4v) is 3.10. The summed E-state index contributed by atoms with van der Waals surface area (Å²) in [5.41, 5.74) is 23.8. The number of hydrogen-bond donors (Lipinski definition) is 4. The van der Waals surface area contributed by atoms with Crippen LogP contribution in [0, 0.1) is 0 Å². The number of hydrogen-bond acceptors (Lipinski definition) is 4. The maximum atomic E-state index is 6.15. The van der Waals surface area contributed by atoms with Gasteiger partial charge >= 0.3 is 0 Å². The summed E-state index contributed by atoms with van der Waals surface area (Å²) in [4.78, 5) is 8.03. The standard InChI is InChI=1S/C24H36N6O2/c1-2-3-4-5-22(31-20-10-6-18(7-11-20)14-16-29-23(25)26)32-21-12-8-19(9-13-21)15-17-30-24(27)28/h6-13,22H,2-5,14-17H2,1H3,(H4,25,26,29)(H4,27,28,30). The molecule has 8 nitrogen and oxygen atoms in total. The highest BCUT2D eigenvalue weighted by Crippen LogP contribution is 2.21. The van der Waals surface area contributed by atoms with Crippen molar-refractivity contribution in [3.05, 3.63) is 59.7 Å². The van der Waals surface area contributed by atoms with Crippen molar-refractivity contribution in [3.8, 4) is 11.5 Å². The molecule has 2 aromatic carbocycles. The summed E-state index contributed by atoms with van der Waals surface area (Å²) in [5.74, 6) is 1.76. The van der Waals surface area contributed by atoms with Crippen LogP contribution in [0.15, 0.2) is 58.5 Å². The van der Waals surface area contributed by atoms with Gasteiger partial charge in [-0.2, -0.15) is 0 Å². The quantitative estimate of drug-likeness (QED) is 0.154. The molecule has 32 heavy (non-hydrogen) atoms. The van der Waals surface area contributed by atoms with E-state index in [9.17, 15) is 0 Å². The van der Waals surface area contributed by atoms with E-state index in [1.165, 1.54) is 0 Å². The number of aliphatic imine (C=N–C) groups is 2. The van der Waals surface area contributed by atoms with E-state index in [4.69, 9.17) is 32.4 Å². The van der Waals surface area contributed by atoms with Gasteiger partial charge in [0.05, 0.1) is 0 Å². The minimum Gasteiger partial charge on any atom is -0.455 e. The molecule has 8 heteroatoms. The summed E-state index contributed by atoms with van der Waals surface area (Å²) in [6, 6.07) is 15.9. The first-order chi connectivity index (χ1) is 15.5. The molecule has 0 spiro atoms. The van der Waals surface area contributed by atoms with Crippen LogP contribution in [0.1, 0.15) is 43.7 Å². The lowest BCUT2D eigenvalue weighted by Crippen LogP contribution is -2.24. The SMILES string of the molecule is CCCCCC(Oc1ccc(CCN=C(N)N)cc1)Oc1ccc(CCN=C(N)N)cc1. The summed E-state index contributed by atoms with van der Waals surface area (Å²) in [6.07, 6.45) is 5.30. The first kappa shape index (κ1) is 24.8. The molecular formula is C24H36N6O2.